The van der Waals surface area contributed by atoms with E-state index in [1.807, 2.05) is 47.4 Å². The molecule has 0 bridgehead atoms. The van der Waals surface area contributed by atoms with Crippen LogP contribution in [-0.2, 0) is 13.0 Å². The molecule has 0 atom stereocenters. The van der Waals surface area contributed by atoms with Gasteiger partial charge in [-0.1, -0.05) is 80.5 Å². The van der Waals surface area contributed by atoms with Crippen LogP contribution in [0.1, 0.15) is 83.9 Å². The Labute approximate surface area is 241 Å². The standard InChI is InChI=1S/C33H38N6O2/c1-33(2,3)28-17-19-29(20-18-28)39(22-25-11-13-26(14-12-25)30(40)34-32-35-37-38-36-32)31(41)27-15-9-24(10-16-27)21-23-7-5-4-6-8-23/h4-16,28-29H,17-22H2,1-3H3,(H2,34,35,36,37,38,40). The molecule has 1 heterocycles. The number of anilines is 1. The maximum Gasteiger partial charge on any atom is 0.270 e. The second-order valence-corrected chi connectivity index (χ2v) is 12.1. The SMILES string of the molecule is CC(C)(C)C1CCC(N(Cc2ccc(C(=O)Nc3nn[nH]n3)cc2)C(=O)c2ccc(Cc3ccccc3)cc2)CC1. The van der Waals surface area contributed by atoms with Crippen LogP contribution in [-0.4, -0.2) is 43.4 Å². The summed E-state index contributed by atoms with van der Waals surface area (Å²) in [5.41, 5.74) is 4.87. The lowest BCUT2D eigenvalue weighted by atomic mass is 9.71. The van der Waals surface area contributed by atoms with Gasteiger partial charge in [-0.15, -0.1) is 5.10 Å². The number of aromatic nitrogens is 4. The average molecular weight is 551 g/mol. The van der Waals surface area contributed by atoms with Crippen molar-refractivity contribution in [1.82, 2.24) is 25.5 Å². The van der Waals surface area contributed by atoms with Gasteiger partial charge in [0.2, 0.25) is 0 Å². The van der Waals surface area contributed by atoms with Gasteiger partial charge in [0.05, 0.1) is 0 Å². The molecule has 0 spiro atoms. The fourth-order valence-electron chi connectivity index (χ4n) is 5.73. The number of carbonyl (C=O) groups is 2. The normalized spacial score (nSPS) is 17.1. The van der Waals surface area contributed by atoms with Gasteiger partial charge >= 0.3 is 0 Å². The van der Waals surface area contributed by atoms with Crippen LogP contribution in [0.25, 0.3) is 0 Å². The summed E-state index contributed by atoms with van der Waals surface area (Å²) in [6.45, 7) is 7.43. The van der Waals surface area contributed by atoms with E-state index in [9.17, 15) is 9.59 Å². The lowest BCUT2D eigenvalue weighted by Crippen LogP contribution is -2.43. The number of hydrogen-bond acceptors (Lipinski definition) is 5. The van der Waals surface area contributed by atoms with E-state index in [1.165, 1.54) is 11.1 Å². The number of tetrazole rings is 1. The van der Waals surface area contributed by atoms with E-state index in [2.05, 4.69) is 71.0 Å². The van der Waals surface area contributed by atoms with E-state index in [1.54, 1.807) is 12.1 Å². The van der Waals surface area contributed by atoms with Crippen molar-refractivity contribution in [2.45, 2.75) is 65.5 Å². The van der Waals surface area contributed by atoms with Gasteiger partial charge in [-0.25, -0.2) is 0 Å². The molecule has 0 aliphatic heterocycles. The monoisotopic (exact) mass is 550 g/mol. The number of aromatic amines is 1. The number of nitrogens with one attached hydrogen (secondary N) is 2. The van der Waals surface area contributed by atoms with Gasteiger partial charge in [0, 0.05) is 23.7 Å². The summed E-state index contributed by atoms with van der Waals surface area (Å²) in [4.78, 5) is 28.6. The zero-order valence-electron chi connectivity index (χ0n) is 24.0. The van der Waals surface area contributed by atoms with Crippen LogP contribution in [0.4, 0.5) is 5.95 Å². The Morgan fingerprint density at radius 3 is 2.05 bits per heavy atom. The Kier molecular flexibility index (Phi) is 8.57. The van der Waals surface area contributed by atoms with E-state index < -0.39 is 0 Å². The minimum absolute atomic E-state index is 0.0504. The molecule has 8 heteroatoms. The van der Waals surface area contributed by atoms with Crippen LogP contribution in [0, 0.1) is 11.3 Å². The maximum absolute atomic E-state index is 14.0. The summed E-state index contributed by atoms with van der Waals surface area (Å²) in [7, 11) is 0. The maximum atomic E-state index is 14.0. The molecule has 1 aliphatic rings. The minimum Gasteiger partial charge on any atom is -0.331 e. The van der Waals surface area contributed by atoms with Crippen molar-refractivity contribution in [2.75, 3.05) is 5.32 Å². The third-order valence-corrected chi connectivity index (χ3v) is 8.21. The average Bonchev–Trinajstić information content (AvgIpc) is 3.49. The molecule has 1 saturated carbocycles. The molecule has 5 rings (SSSR count). The molecule has 1 fully saturated rings. The molecule has 0 radical (unpaired) electrons. The van der Waals surface area contributed by atoms with Crippen molar-refractivity contribution in [3.8, 4) is 0 Å². The Morgan fingerprint density at radius 1 is 0.829 bits per heavy atom. The summed E-state index contributed by atoms with van der Waals surface area (Å²) >= 11 is 0. The van der Waals surface area contributed by atoms with Gasteiger partial charge < -0.3 is 4.90 Å². The van der Waals surface area contributed by atoms with Gasteiger partial charge in [0.1, 0.15) is 0 Å². The minimum atomic E-state index is -0.318. The Morgan fingerprint density at radius 2 is 1.44 bits per heavy atom. The van der Waals surface area contributed by atoms with Crippen LogP contribution < -0.4 is 5.32 Å². The van der Waals surface area contributed by atoms with Gasteiger partial charge in [-0.05, 0) is 89.6 Å². The van der Waals surface area contributed by atoms with Crippen LogP contribution in [0.2, 0.25) is 0 Å². The summed E-state index contributed by atoms with van der Waals surface area (Å²) in [6.07, 6.45) is 5.05. The molecule has 4 aromatic rings. The highest BCUT2D eigenvalue weighted by molar-refractivity contribution is 6.03. The Hall–Kier alpha value is -4.33. The summed E-state index contributed by atoms with van der Waals surface area (Å²) in [5, 5.41) is 15.9. The van der Waals surface area contributed by atoms with Crippen molar-refractivity contribution in [3.05, 3.63) is 107 Å². The fourth-order valence-corrected chi connectivity index (χ4v) is 5.73. The predicted octanol–water partition coefficient (Wildman–Crippen LogP) is 6.29. The summed E-state index contributed by atoms with van der Waals surface area (Å²) in [5.74, 6) is 0.512. The van der Waals surface area contributed by atoms with Crippen molar-refractivity contribution < 1.29 is 9.59 Å². The van der Waals surface area contributed by atoms with Crippen LogP contribution in [0.3, 0.4) is 0 Å². The molecule has 2 N–H and O–H groups in total. The molecule has 1 aliphatic carbocycles. The largest absolute Gasteiger partial charge is 0.331 e. The molecule has 3 aromatic carbocycles. The lowest BCUT2D eigenvalue weighted by molar-refractivity contribution is 0.0530. The second kappa shape index (κ2) is 12.5. The van der Waals surface area contributed by atoms with Gasteiger partial charge in [0.25, 0.3) is 17.8 Å². The number of H-pyrrole nitrogens is 1. The van der Waals surface area contributed by atoms with E-state index in [0.717, 1.165) is 37.7 Å². The number of amides is 2. The van der Waals surface area contributed by atoms with Crippen LogP contribution >= 0.6 is 0 Å². The molecular weight excluding hydrogens is 512 g/mol. The van der Waals surface area contributed by atoms with Crippen molar-refractivity contribution in [3.63, 3.8) is 0 Å². The Balaban J connectivity index is 1.32. The number of rotatable bonds is 8. The van der Waals surface area contributed by atoms with E-state index in [0.29, 0.717) is 23.6 Å². The predicted molar refractivity (Wildman–Crippen MR) is 159 cm³/mol. The van der Waals surface area contributed by atoms with Crippen molar-refractivity contribution >= 4 is 17.8 Å². The number of benzene rings is 3. The zero-order chi connectivity index (χ0) is 28.8. The van der Waals surface area contributed by atoms with Gasteiger partial charge in [0.15, 0.2) is 0 Å². The van der Waals surface area contributed by atoms with Crippen molar-refractivity contribution in [1.29, 1.82) is 0 Å². The van der Waals surface area contributed by atoms with Gasteiger partial charge in [-0.3, -0.25) is 14.9 Å². The summed E-state index contributed by atoms with van der Waals surface area (Å²) in [6, 6.07) is 25.9. The first-order chi connectivity index (χ1) is 19.8. The van der Waals surface area contributed by atoms with Crippen LogP contribution in [0.15, 0.2) is 78.9 Å². The highest BCUT2D eigenvalue weighted by Gasteiger charge is 2.34. The first-order valence-electron chi connectivity index (χ1n) is 14.3. The third-order valence-electron chi connectivity index (χ3n) is 8.21. The molecule has 1 aromatic heterocycles. The quantitative estimate of drug-likeness (QED) is 0.268. The first-order valence-corrected chi connectivity index (χ1v) is 14.3. The molecule has 2 amide bonds. The molecule has 212 valence electrons. The molecule has 0 unspecified atom stereocenters. The number of nitrogens with zero attached hydrogens (tertiary/aromatic N) is 4. The third kappa shape index (κ3) is 7.25. The van der Waals surface area contributed by atoms with E-state index in [-0.39, 0.29) is 29.2 Å². The van der Waals surface area contributed by atoms with Crippen molar-refractivity contribution in [2.24, 2.45) is 11.3 Å². The second-order valence-electron chi connectivity index (χ2n) is 12.1. The lowest BCUT2D eigenvalue weighted by Gasteiger charge is -2.41. The molecular formula is C33H38N6O2. The fraction of sp³-hybridized carbons (Fsp3) is 0.364. The van der Waals surface area contributed by atoms with E-state index >= 15 is 0 Å². The molecule has 8 nitrogen and oxygen atoms in total. The van der Waals surface area contributed by atoms with E-state index in [4.69, 9.17) is 0 Å². The first kappa shape index (κ1) is 28.2. The summed E-state index contributed by atoms with van der Waals surface area (Å²) < 4.78 is 0. The number of carbonyl (C=O) groups excluding carboxylic acids is 2. The number of hydrogen-bond donors (Lipinski definition) is 2. The Bertz CT molecular complexity index is 1420. The van der Waals surface area contributed by atoms with Gasteiger partial charge in [-0.2, -0.15) is 5.21 Å². The highest BCUT2D eigenvalue weighted by atomic mass is 16.2. The molecule has 0 saturated heterocycles. The topological polar surface area (TPSA) is 104 Å². The zero-order valence-corrected chi connectivity index (χ0v) is 24.0. The smallest absolute Gasteiger partial charge is 0.270 e. The molecule has 41 heavy (non-hydrogen) atoms. The highest BCUT2D eigenvalue weighted by Crippen LogP contribution is 2.39. The van der Waals surface area contributed by atoms with Crippen LogP contribution in [0.5, 0.6) is 0 Å².